The van der Waals surface area contributed by atoms with Gasteiger partial charge in [0.1, 0.15) is 5.60 Å². The first-order valence-electron chi connectivity index (χ1n) is 8.73. The van der Waals surface area contributed by atoms with Crippen LogP contribution in [0.5, 0.6) is 0 Å². The Labute approximate surface area is 135 Å². The third-order valence-corrected chi connectivity index (χ3v) is 6.35. The number of nitrogens with two attached hydrogens (primary N) is 1. The van der Waals surface area contributed by atoms with E-state index in [1.165, 1.54) is 12.8 Å². The van der Waals surface area contributed by atoms with Crippen LogP contribution in [0.1, 0.15) is 64.2 Å². The van der Waals surface area contributed by atoms with Gasteiger partial charge in [0.25, 0.3) is 5.96 Å². The van der Waals surface area contributed by atoms with Crippen LogP contribution in [-0.4, -0.2) is 33.4 Å². The quantitative estimate of drug-likeness (QED) is 0.471. The van der Waals surface area contributed by atoms with Crippen LogP contribution in [0.2, 0.25) is 0 Å². The van der Waals surface area contributed by atoms with Crippen LogP contribution in [0.15, 0.2) is 5.16 Å². The number of carboxylic acid groups (broad SMARTS) is 1. The third kappa shape index (κ3) is 2.65. The third-order valence-electron chi connectivity index (χ3n) is 6.35. The van der Waals surface area contributed by atoms with E-state index in [2.05, 4.69) is 5.16 Å². The number of oxime groups is 1. The lowest BCUT2D eigenvalue weighted by molar-refractivity contribution is -0.182. The van der Waals surface area contributed by atoms with Crippen LogP contribution in [-0.2, 0) is 9.68 Å². The zero-order valence-electron chi connectivity index (χ0n) is 13.4. The van der Waals surface area contributed by atoms with Crippen LogP contribution in [0.4, 0.5) is 4.79 Å². The van der Waals surface area contributed by atoms with Crippen molar-refractivity contribution in [2.45, 2.75) is 75.4 Å². The summed E-state index contributed by atoms with van der Waals surface area (Å²) >= 11 is 0. The molecule has 0 unspecified atom stereocenters. The molecule has 0 aliphatic heterocycles. The molecule has 23 heavy (non-hydrogen) atoms. The lowest BCUT2D eigenvalue weighted by atomic mass is 9.97. The van der Waals surface area contributed by atoms with E-state index in [0.29, 0.717) is 11.0 Å². The summed E-state index contributed by atoms with van der Waals surface area (Å²) in [6.07, 6.45) is 8.95. The molecule has 1 amide bonds. The van der Waals surface area contributed by atoms with E-state index in [1.807, 2.05) is 0 Å². The summed E-state index contributed by atoms with van der Waals surface area (Å²) in [5, 5.41) is 14.1. The Kier molecular flexibility index (Phi) is 3.44. The fourth-order valence-electron chi connectivity index (χ4n) is 5.09. The van der Waals surface area contributed by atoms with E-state index in [-0.39, 0.29) is 17.2 Å². The highest BCUT2D eigenvalue weighted by Crippen LogP contribution is 2.51. The summed E-state index contributed by atoms with van der Waals surface area (Å²) in [7, 11) is 0. The largest absolute Gasteiger partial charge is 0.463 e. The smallest absolute Gasteiger partial charge is 0.439 e. The Morgan fingerprint density at radius 2 is 1.57 bits per heavy atom. The van der Waals surface area contributed by atoms with Gasteiger partial charge in [-0.1, -0.05) is 0 Å². The molecule has 4 rings (SSSR count). The number of hydroxylamine groups is 2. The minimum atomic E-state index is -1.24. The van der Waals surface area contributed by atoms with Gasteiger partial charge in [-0.3, -0.25) is 4.84 Å². The summed E-state index contributed by atoms with van der Waals surface area (Å²) in [4.78, 5) is 23.0. The number of hydrogen-bond acceptors (Lipinski definition) is 4. The summed E-state index contributed by atoms with van der Waals surface area (Å²) < 4.78 is 0. The Morgan fingerprint density at radius 3 is 2.00 bits per heavy atom. The number of hydrogen-bond donors (Lipinski definition) is 2. The molecule has 0 saturated heterocycles. The monoisotopic (exact) mass is 323 g/mol. The van der Waals surface area contributed by atoms with E-state index in [1.54, 1.807) is 0 Å². The Balaban J connectivity index is 1.44. The number of rotatable bonds is 4. The molecule has 7 nitrogen and oxygen atoms in total. The lowest BCUT2D eigenvalue weighted by Crippen LogP contribution is -2.47. The van der Waals surface area contributed by atoms with Gasteiger partial charge in [-0.25, -0.2) is 4.79 Å². The molecular weight excluding hydrogens is 298 g/mol. The number of amides is 1. The summed E-state index contributed by atoms with van der Waals surface area (Å²) in [6.45, 7) is 0. The van der Waals surface area contributed by atoms with E-state index in [9.17, 15) is 9.90 Å². The SMILES string of the molecule is NC(=NOC12CCC(CC1)C2)N(OC12CCC(CC1)C2)C(=O)O. The number of carbonyl (C=O) groups is 1. The van der Waals surface area contributed by atoms with Crippen molar-refractivity contribution < 1.29 is 19.6 Å². The van der Waals surface area contributed by atoms with Crippen LogP contribution in [0.25, 0.3) is 0 Å². The molecule has 4 aliphatic carbocycles. The molecule has 0 atom stereocenters. The van der Waals surface area contributed by atoms with E-state index in [0.717, 1.165) is 57.3 Å². The lowest BCUT2D eigenvalue weighted by Gasteiger charge is -2.31. The molecular formula is C16H25N3O4. The zero-order chi connectivity index (χ0) is 16.1. The van der Waals surface area contributed by atoms with Crippen molar-refractivity contribution in [3.63, 3.8) is 0 Å². The summed E-state index contributed by atoms with van der Waals surface area (Å²) in [5.74, 6) is 1.17. The number of guanidine groups is 1. The van der Waals surface area contributed by atoms with Gasteiger partial charge in [0.15, 0.2) is 0 Å². The fourth-order valence-corrected chi connectivity index (χ4v) is 5.09. The zero-order valence-corrected chi connectivity index (χ0v) is 13.4. The highest BCUT2D eigenvalue weighted by atomic mass is 16.7. The molecule has 4 aliphatic rings. The maximum Gasteiger partial charge on any atom is 0.439 e. The van der Waals surface area contributed by atoms with Crippen molar-refractivity contribution in [3.05, 3.63) is 0 Å². The van der Waals surface area contributed by atoms with Crippen LogP contribution in [0, 0.1) is 11.8 Å². The molecule has 0 aromatic rings. The van der Waals surface area contributed by atoms with Gasteiger partial charge >= 0.3 is 6.09 Å². The second-order valence-electron chi connectivity index (χ2n) is 7.87. The topological polar surface area (TPSA) is 97.4 Å². The minimum absolute atomic E-state index is 0.216. The van der Waals surface area contributed by atoms with Crippen molar-refractivity contribution in [3.8, 4) is 0 Å². The van der Waals surface area contributed by atoms with Gasteiger partial charge < -0.3 is 15.7 Å². The van der Waals surface area contributed by atoms with Crippen molar-refractivity contribution >= 4 is 12.1 Å². The maximum absolute atomic E-state index is 11.5. The van der Waals surface area contributed by atoms with Gasteiger partial charge in [-0.2, -0.15) is 0 Å². The van der Waals surface area contributed by atoms with Crippen molar-refractivity contribution in [1.29, 1.82) is 0 Å². The predicted octanol–water partition coefficient (Wildman–Crippen LogP) is 2.81. The molecule has 0 heterocycles. The molecule has 0 aromatic carbocycles. The first-order chi connectivity index (χ1) is 11.0. The minimum Gasteiger partial charge on any atom is -0.463 e. The highest BCUT2D eigenvalue weighted by molar-refractivity contribution is 5.90. The van der Waals surface area contributed by atoms with Crippen LogP contribution < -0.4 is 5.73 Å². The summed E-state index contributed by atoms with van der Waals surface area (Å²) in [6, 6.07) is 0. The molecule has 4 fully saturated rings. The van der Waals surface area contributed by atoms with Gasteiger partial charge in [0.2, 0.25) is 0 Å². The van der Waals surface area contributed by atoms with Gasteiger partial charge in [-0.05, 0) is 81.2 Å². The van der Waals surface area contributed by atoms with Gasteiger partial charge in [0.05, 0.1) is 5.60 Å². The van der Waals surface area contributed by atoms with Crippen LogP contribution >= 0.6 is 0 Å². The Morgan fingerprint density at radius 1 is 1.04 bits per heavy atom. The highest BCUT2D eigenvalue weighted by Gasteiger charge is 2.49. The second kappa shape index (κ2) is 5.26. The fraction of sp³-hybridized carbons (Fsp3) is 0.875. The van der Waals surface area contributed by atoms with Gasteiger partial charge in [-0.15, -0.1) is 5.06 Å². The van der Waals surface area contributed by atoms with Crippen LogP contribution in [0.3, 0.4) is 0 Å². The van der Waals surface area contributed by atoms with Crippen molar-refractivity contribution in [2.75, 3.05) is 0 Å². The van der Waals surface area contributed by atoms with Crippen molar-refractivity contribution in [1.82, 2.24) is 5.06 Å². The first-order valence-corrected chi connectivity index (χ1v) is 8.73. The molecule has 0 aromatic heterocycles. The van der Waals surface area contributed by atoms with E-state index < -0.39 is 6.09 Å². The second-order valence-corrected chi connectivity index (χ2v) is 7.87. The van der Waals surface area contributed by atoms with Crippen molar-refractivity contribution in [2.24, 2.45) is 22.7 Å². The molecule has 4 saturated carbocycles. The molecule has 4 bridgehead atoms. The maximum atomic E-state index is 11.5. The molecule has 7 heteroatoms. The van der Waals surface area contributed by atoms with Gasteiger partial charge in [0, 0.05) is 0 Å². The molecule has 0 radical (unpaired) electrons. The molecule has 128 valence electrons. The normalized spacial score (nSPS) is 41.5. The van der Waals surface area contributed by atoms with E-state index in [4.69, 9.17) is 15.4 Å². The predicted molar refractivity (Wildman–Crippen MR) is 82.3 cm³/mol. The van der Waals surface area contributed by atoms with E-state index >= 15 is 0 Å². The Hall–Kier alpha value is -1.50. The molecule has 3 N–H and O–H groups in total. The summed E-state index contributed by atoms with van der Waals surface area (Å²) in [5.41, 5.74) is 5.26. The molecule has 0 spiro atoms. The average molecular weight is 323 g/mol. The Bertz CT molecular complexity index is 519. The number of nitrogens with zero attached hydrogens (tertiary/aromatic N) is 2. The number of fused-ring (bicyclic) bond motifs is 4. The standard InChI is InChI=1S/C16H25N3O4/c17-13(18-22-15-5-1-11(9-15)2-6-15)19(14(20)21)23-16-7-3-12(10-16)4-8-16/h11-12H,1-10H2,(H2,17,18)(H,20,21). The average Bonchev–Trinajstić information content (AvgIpc) is 3.30. The first kappa shape index (κ1) is 15.1.